The van der Waals surface area contributed by atoms with Crippen molar-refractivity contribution >= 4 is 17.9 Å². The van der Waals surface area contributed by atoms with Gasteiger partial charge >= 0.3 is 17.9 Å². The Hall–Kier alpha value is -1.59. The van der Waals surface area contributed by atoms with Crippen LogP contribution in [0.3, 0.4) is 0 Å². The number of carbonyl (C=O) groups is 3. The van der Waals surface area contributed by atoms with Gasteiger partial charge in [-0.15, -0.1) is 0 Å². The Morgan fingerprint density at radius 1 is 0.317 bits per heavy atom. The quantitative estimate of drug-likeness (QED) is 0.0345. The maximum atomic E-state index is 12.8. The Kier molecular flexibility index (Phi) is 47.2. The molecule has 356 valence electrons. The molecule has 1 atom stereocenters. The molecule has 0 aromatic heterocycles. The predicted molar refractivity (Wildman–Crippen MR) is 257 cm³/mol. The van der Waals surface area contributed by atoms with Crippen molar-refractivity contribution in [1.29, 1.82) is 0 Å². The topological polar surface area (TPSA) is 78.9 Å². The second kappa shape index (κ2) is 48.4. The van der Waals surface area contributed by atoms with Crippen molar-refractivity contribution in [3.63, 3.8) is 0 Å². The molecular formula is C54H104O6. The highest BCUT2D eigenvalue weighted by Crippen LogP contribution is 2.17. The predicted octanol–water partition coefficient (Wildman–Crippen LogP) is 17.5. The zero-order valence-electron chi connectivity index (χ0n) is 40.9. The summed E-state index contributed by atoms with van der Waals surface area (Å²) in [7, 11) is 0. The summed E-state index contributed by atoms with van der Waals surface area (Å²) >= 11 is 0. The molecule has 0 fully saturated rings. The first-order valence-corrected chi connectivity index (χ1v) is 26.9. The molecule has 0 rings (SSSR count). The molecule has 0 heterocycles. The lowest BCUT2D eigenvalue weighted by molar-refractivity contribution is -0.167. The summed E-state index contributed by atoms with van der Waals surface area (Å²) in [5.74, 6) is -0.0346. The van der Waals surface area contributed by atoms with Gasteiger partial charge in [0.2, 0.25) is 0 Å². The van der Waals surface area contributed by atoms with Crippen LogP contribution in [0, 0.1) is 5.92 Å². The van der Waals surface area contributed by atoms with E-state index in [1.54, 1.807) is 0 Å². The molecule has 0 aliphatic rings. The Balaban J connectivity index is 4.28. The highest BCUT2D eigenvalue weighted by molar-refractivity contribution is 5.71. The molecule has 0 unspecified atom stereocenters. The van der Waals surface area contributed by atoms with Crippen LogP contribution in [0.4, 0.5) is 0 Å². The molecule has 0 aromatic carbocycles. The summed E-state index contributed by atoms with van der Waals surface area (Å²) in [4.78, 5) is 38.0. The largest absolute Gasteiger partial charge is 0.462 e. The van der Waals surface area contributed by atoms with Crippen molar-refractivity contribution in [2.24, 2.45) is 5.92 Å². The molecule has 0 aliphatic carbocycles. The number of unbranched alkanes of at least 4 members (excludes halogenated alkanes) is 36. The van der Waals surface area contributed by atoms with Gasteiger partial charge in [0.25, 0.3) is 0 Å². The average Bonchev–Trinajstić information content (AvgIpc) is 3.23. The Morgan fingerprint density at radius 3 is 0.817 bits per heavy atom. The standard InChI is InChI=1S/C54H104O6/c1-5-7-9-11-13-15-17-19-20-21-22-23-24-26-30-35-39-43-47-54(57)60-51(48-58-52(55)45-41-37-33-29-25-18-16-14-12-10-8-6-2)49-59-53(56)46-42-38-34-31-27-28-32-36-40-44-50(3)4/h50-51H,5-49H2,1-4H3/t51-/m1/s1. The van der Waals surface area contributed by atoms with Crippen LogP contribution in [0.5, 0.6) is 0 Å². The van der Waals surface area contributed by atoms with Crippen LogP contribution in [-0.2, 0) is 28.6 Å². The molecule has 6 heteroatoms. The van der Waals surface area contributed by atoms with E-state index in [4.69, 9.17) is 14.2 Å². The van der Waals surface area contributed by atoms with Crippen LogP contribution in [0.2, 0.25) is 0 Å². The van der Waals surface area contributed by atoms with E-state index in [2.05, 4.69) is 27.7 Å². The normalized spacial score (nSPS) is 11.9. The van der Waals surface area contributed by atoms with Gasteiger partial charge in [-0.2, -0.15) is 0 Å². The van der Waals surface area contributed by atoms with Crippen molar-refractivity contribution < 1.29 is 28.6 Å². The maximum Gasteiger partial charge on any atom is 0.306 e. The number of hydrogen-bond donors (Lipinski definition) is 0. The number of carbonyl (C=O) groups excluding carboxylic acids is 3. The first-order chi connectivity index (χ1) is 29.4. The Labute approximate surface area is 374 Å². The van der Waals surface area contributed by atoms with Gasteiger partial charge in [-0.3, -0.25) is 14.4 Å². The van der Waals surface area contributed by atoms with Gasteiger partial charge in [-0.25, -0.2) is 0 Å². The third-order valence-corrected chi connectivity index (χ3v) is 12.3. The molecule has 0 saturated carbocycles. The second-order valence-electron chi connectivity index (χ2n) is 19.0. The lowest BCUT2D eigenvalue weighted by Crippen LogP contribution is -2.30. The summed E-state index contributed by atoms with van der Waals surface area (Å²) in [6.07, 6.45) is 50.9. The van der Waals surface area contributed by atoms with Gasteiger partial charge in [0.1, 0.15) is 13.2 Å². The van der Waals surface area contributed by atoms with Crippen LogP contribution in [0.15, 0.2) is 0 Å². The zero-order chi connectivity index (χ0) is 43.8. The number of hydrogen-bond acceptors (Lipinski definition) is 6. The SMILES string of the molecule is CCCCCCCCCCCCCCCCCCCCC(=O)O[C@H](COC(=O)CCCCCCCCCCCCCC)COC(=O)CCCCCCCCCCCC(C)C. The smallest absolute Gasteiger partial charge is 0.306 e. The van der Waals surface area contributed by atoms with Gasteiger partial charge in [0.15, 0.2) is 6.10 Å². The first-order valence-electron chi connectivity index (χ1n) is 26.9. The van der Waals surface area contributed by atoms with Gasteiger partial charge < -0.3 is 14.2 Å². The van der Waals surface area contributed by atoms with E-state index in [9.17, 15) is 14.4 Å². The second-order valence-corrected chi connectivity index (χ2v) is 19.0. The molecular weight excluding hydrogens is 745 g/mol. The fraction of sp³-hybridized carbons (Fsp3) is 0.944. The minimum absolute atomic E-state index is 0.0628. The van der Waals surface area contributed by atoms with E-state index < -0.39 is 6.10 Å². The third kappa shape index (κ3) is 47.5. The molecule has 0 saturated heterocycles. The van der Waals surface area contributed by atoms with Crippen LogP contribution in [0.25, 0.3) is 0 Å². The monoisotopic (exact) mass is 849 g/mol. The lowest BCUT2D eigenvalue weighted by Gasteiger charge is -2.18. The average molecular weight is 849 g/mol. The summed E-state index contributed by atoms with van der Waals surface area (Å²) in [6, 6.07) is 0. The van der Waals surface area contributed by atoms with E-state index in [0.29, 0.717) is 19.3 Å². The van der Waals surface area contributed by atoms with Crippen LogP contribution in [0.1, 0.15) is 304 Å². The van der Waals surface area contributed by atoms with Crippen LogP contribution < -0.4 is 0 Å². The van der Waals surface area contributed by atoms with E-state index in [1.165, 1.54) is 199 Å². The highest BCUT2D eigenvalue weighted by Gasteiger charge is 2.19. The fourth-order valence-corrected chi connectivity index (χ4v) is 8.22. The third-order valence-electron chi connectivity index (χ3n) is 12.3. The van der Waals surface area contributed by atoms with Gasteiger partial charge in [0.05, 0.1) is 0 Å². The van der Waals surface area contributed by atoms with Crippen molar-refractivity contribution in [2.45, 2.75) is 310 Å². The molecule has 0 bridgehead atoms. The van der Waals surface area contributed by atoms with Crippen LogP contribution in [-0.4, -0.2) is 37.2 Å². The number of rotatable bonds is 49. The molecule has 0 spiro atoms. The Morgan fingerprint density at radius 2 is 0.550 bits per heavy atom. The number of ether oxygens (including phenoxy) is 3. The van der Waals surface area contributed by atoms with Crippen molar-refractivity contribution in [1.82, 2.24) is 0 Å². The molecule has 0 amide bonds. The summed E-state index contributed by atoms with van der Waals surface area (Å²) in [6.45, 7) is 9.01. The van der Waals surface area contributed by atoms with E-state index in [1.807, 2.05) is 0 Å². The number of esters is 3. The van der Waals surface area contributed by atoms with Crippen molar-refractivity contribution in [3.8, 4) is 0 Å². The molecule has 6 nitrogen and oxygen atoms in total. The van der Waals surface area contributed by atoms with Gasteiger partial charge in [0, 0.05) is 19.3 Å². The molecule has 0 radical (unpaired) electrons. The fourth-order valence-electron chi connectivity index (χ4n) is 8.22. The van der Waals surface area contributed by atoms with E-state index in [-0.39, 0.29) is 31.1 Å². The first kappa shape index (κ1) is 58.4. The van der Waals surface area contributed by atoms with Crippen LogP contribution >= 0.6 is 0 Å². The zero-order valence-corrected chi connectivity index (χ0v) is 40.9. The molecule has 0 aromatic rings. The van der Waals surface area contributed by atoms with E-state index >= 15 is 0 Å². The maximum absolute atomic E-state index is 12.8. The minimum Gasteiger partial charge on any atom is -0.462 e. The van der Waals surface area contributed by atoms with Gasteiger partial charge in [-0.1, -0.05) is 265 Å². The van der Waals surface area contributed by atoms with Crippen molar-refractivity contribution in [3.05, 3.63) is 0 Å². The molecule has 0 aliphatic heterocycles. The Bertz CT molecular complexity index is 903. The highest BCUT2D eigenvalue weighted by atomic mass is 16.6. The minimum atomic E-state index is -0.761. The molecule has 60 heavy (non-hydrogen) atoms. The van der Waals surface area contributed by atoms with Gasteiger partial charge in [-0.05, 0) is 25.2 Å². The summed E-state index contributed by atoms with van der Waals surface area (Å²) in [5.41, 5.74) is 0. The summed E-state index contributed by atoms with van der Waals surface area (Å²) < 4.78 is 16.8. The van der Waals surface area contributed by atoms with Crippen molar-refractivity contribution in [2.75, 3.05) is 13.2 Å². The summed E-state index contributed by atoms with van der Waals surface area (Å²) in [5, 5.41) is 0. The van der Waals surface area contributed by atoms with E-state index in [0.717, 1.165) is 63.7 Å². The lowest BCUT2D eigenvalue weighted by atomic mass is 10.0. The molecule has 0 N–H and O–H groups in total.